The maximum atomic E-state index is 12.1. The number of carbonyl (C=O) groups is 2. The molecule has 1 aromatic rings. The van der Waals surface area contributed by atoms with Crippen LogP contribution in [0.3, 0.4) is 0 Å². The predicted molar refractivity (Wildman–Crippen MR) is 80.0 cm³/mol. The Morgan fingerprint density at radius 1 is 1.32 bits per heavy atom. The van der Waals surface area contributed by atoms with Crippen molar-refractivity contribution >= 4 is 17.6 Å². The van der Waals surface area contributed by atoms with Gasteiger partial charge in [-0.2, -0.15) is 5.26 Å². The molecule has 0 aliphatic carbocycles. The summed E-state index contributed by atoms with van der Waals surface area (Å²) in [5, 5.41) is 14.3. The highest BCUT2D eigenvalue weighted by Crippen LogP contribution is 2.15. The summed E-state index contributed by atoms with van der Waals surface area (Å²) in [5.74, 6) is -1.04. The molecule has 0 radical (unpaired) electrons. The molecule has 1 rings (SSSR count). The molecular formula is C15H17N3O4. The monoisotopic (exact) mass is 303 g/mol. The molecule has 0 unspecified atom stereocenters. The van der Waals surface area contributed by atoms with Crippen molar-refractivity contribution in [2.24, 2.45) is 0 Å². The van der Waals surface area contributed by atoms with Crippen LogP contribution in [-0.4, -0.2) is 39.2 Å². The van der Waals surface area contributed by atoms with Crippen LogP contribution in [0.15, 0.2) is 36.0 Å². The Labute approximate surface area is 128 Å². The van der Waals surface area contributed by atoms with Crippen LogP contribution >= 0.6 is 0 Å². The van der Waals surface area contributed by atoms with Gasteiger partial charge in [0.05, 0.1) is 25.0 Å². The van der Waals surface area contributed by atoms with E-state index >= 15 is 0 Å². The number of rotatable bonds is 7. The molecule has 0 fully saturated rings. The minimum absolute atomic E-state index is 0.197. The second-order valence-corrected chi connectivity index (χ2v) is 4.10. The number of hydrogen-bond acceptors (Lipinski definition) is 6. The summed E-state index contributed by atoms with van der Waals surface area (Å²) < 4.78 is 9.34. The van der Waals surface area contributed by atoms with Gasteiger partial charge in [-0.25, -0.2) is 4.79 Å². The van der Waals surface area contributed by atoms with Crippen LogP contribution in [0.25, 0.3) is 0 Å². The molecule has 0 atom stereocenters. The van der Waals surface area contributed by atoms with Gasteiger partial charge in [-0.05, 0) is 12.1 Å². The van der Waals surface area contributed by atoms with E-state index in [4.69, 9.17) is 10.00 Å². The number of carbonyl (C=O) groups excluding carboxylic acids is 2. The molecule has 0 aliphatic rings. The lowest BCUT2D eigenvalue weighted by Gasteiger charge is -2.10. The Bertz CT molecular complexity index is 605. The zero-order valence-corrected chi connectivity index (χ0v) is 12.4. The van der Waals surface area contributed by atoms with Gasteiger partial charge in [0.1, 0.15) is 6.07 Å². The third-order valence-electron chi connectivity index (χ3n) is 2.66. The van der Waals surface area contributed by atoms with E-state index in [-0.39, 0.29) is 11.5 Å². The van der Waals surface area contributed by atoms with E-state index in [0.717, 1.165) is 0 Å². The topological polar surface area (TPSA) is 100 Å². The zero-order valence-electron chi connectivity index (χ0n) is 12.4. The minimum Gasteiger partial charge on any atom is -0.465 e. The van der Waals surface area contributed by atoms with Gasteiger partial charge in [0.25, 0.3) is 5.91 Å². The van der Waals surface area contributed by atoms with Crippen molar-refractivity contribution in [2.75, 3.05) is 32.7 Å². The van der Waals surface area contributed by atoms with E-state index in [2.05, 4.69) is 15.4 Å². The normalized spacial score (nSPS) is 10.5. The molecular weight excluding hydrogens is 286 g/mol. The van der Waals surface area contributed by atoms with Gasteiger partial charge in [0, 0.05) is 19.9 Å². The van der Waals surface area contributed by atoms with Crippen LogP contribution in [0.1, 0.15) is 10.4 Å². The summed E-state index contributed by atoms with van der Waals surface area (Å²) in [6.07, 6.45) is 1.20. The first kappa shape index (κ1) is 17.2. The van der Waals surface area contributed by atoms with Gasteiger partial charge in [-0.3, -0.25) is 4.79 Å². The van der Waals surface area contributed by atoms with Crippen molar-refractivity contribution in [1.29, 1.82) is 5.26 Å². The molecule has 116 valence electrons. The standard InChI is InChI=1S/C15H17N3O4/c1-21-8-7-17-14(19)12-5-3-4-6-13(12)18-10-11(9-16)15(20)22-2/h3-6,10,18H,7-8H2,1-2H3,(H,17,19)/b11-10+. The highest BCUT2D eigenvalue weighted by Gasteiger charge is 2.11. The highest BCUT2D eigenvalue weighted by atomic mass is 16.5. The van der Waals surface area contributed by atoms with Crippen molar-refractivity contribution in [3.63, 3.8) is 0 Å². The van der Waals surface area contributed by atoms with Gasteiger partial charge < -0.3 is 20.1 Å². The largest absolute Gasteiger partial charge is 0.465 e. The summed E-state index contributed by atoms with van der Waals surface area (Å²) in [7, 11) is 2.73. The van der Waals surface area contributed by atoms with Crippen molar-refractivity contribution in [3.8, 4) is 6.07 Å². The Balaban J connectivity index is 2.88. The van der Waals surface area contributed by atoms with Crippen molar-refractivity contribution in [3.05, 3.63) is 41.6 Å². The van der Waals surface area contributed by atoms with Gasteiger partial charge >= 0.3 is 5.97 Å². The molecule has 0 aromatic heterocycles. The number of methoxy groups -OCH3 is 2. The number of ether oxygens (including phenoxy) is 2. The van der Waals surface area contributed by atoms with E-state index in [1.165, 1.54) is 13.3 Å². The lowest BCUT2D eigenvalue weighted by atomic mass is 10.1. The SMILES string of the molecule is COCCNC(=O)c1ccccc1N/C=C(\C#N)C(=O)OC. The Hall–Kier alpha value is -2.85. The zero-order chi connectivity index (χ0) is 16.4. The van der Waals surface area contributed by atoms with Crippen LogP contribution in [-0.2, 0) is 14.3 Å². The summed E-state index contributed by atoms with van der Waals surface area (Å²) >= 11 is 0. The maximum absolute atomic E-state index is 12.1. The predicted octanol–water partition coefficient (Wildman–Crippen LogP) is 1.06. The maximum Gasteiger partial charge on any atom is 0.350 e. The van der Waals surface area contributed by atoms with E-state index in [9.17, 15) is 9.59 Å². The van der Waals surface area contributed by atoms with E-state index < -0.39 is 5.97 Å². The molecule has 7 heteroatoms. The molecule has 1 amide bonds. The molecule has 0 saturated carbocycles. The Morgan fingerprint density at radius 2 is 2.05 bits per heavy atom. The molecule has 1 aromatic carbocycles. The second kappa shape index (κ2) is 9.15. The lowest BCUT2D eigenvalue weighted by Crippen LogP contribution is -2.27. The van der Waals surface area contributed by atoms with Gasteiger partial charge in [0.15, 0.2) is 5.57 Å². The highest BCUT2D eigenvalue weighted by molar-refractivity contribution is 6.00. The Morgan fingerprint density at radius 3 is 2.68 bits per heavy atom. The van der Waals surface area contributed by atoms with Crippen LogP contribution in [0.2, 0.25) is 0 Å². The number of para-hydroxylation sites is 1. The fraction of sp³-hybridized carbons (Fsp3) is 0.267. The first-order chi connectivity index (χ1) is 10.6. The molecule has 2 N–H and O–H groups in total. The number of nitriles is 1. The summed E-state index contributed by atoms with van der Waals surface area (Å²) in [4.78, 5) is 23.4. The molecule has 0 heterocycles. The smallest absolute Gasteiger partial charge is 0.350 e. The molecule has 0 spiro atoms. The molecule has 22 heavy (non-hydrogen) atoms. The average molecular weight is 303 g/mol. The van der Waals surface area contributed by atoms with Crippen molar-refractivity contribution < 1.29 is 19.1 Å². The van der Waals surface area contributed by atoms with Gasteiger partial charge in [0.2, 0.25) is 0 Å². The number of benzene rings is 1. The number of esters is 1. The number of nitrogens with one attached hydrogen (secondary N) is 2. The van der Waals surface area contributed by atoms with Gasteiger partial charge in [-0.1, -0.05) is 12.1 Å². The molecule has 0 aliphatic heterocycles. The summed E-state index contributed by atoms with van der Waals surface area (Å²) in [6, 6.07) is 8.45. The van der Waals surface area contributed by atoms with E-state index in [0.29, 0.717) is 24.4 Å². The summed E-state index contributed by atoms with van der Waals surface area (Å²) in [5.41, 5.74) is 0.656. The Kier molecular flexibility index (Phi) is 7.16. The average Bonchev–Trinajstić information content (AvgIpc) is 2.55. The van der Waals surface area contributed by atoms with Gasteiger partial charge in [-0.15, -0.1) is 0 Å². The number of amides is 1. The number of nitrogens with zero attached hydrogens (tertiary/aromatic N) is 1. The van der Waals surface area contributed by atoms with Crippen LogP contribution < -0.4 is 10.6 Å². The van der Waals surface area contributed by atoms with Crippen LogP contribution in [0.5, 0.6) is 0 Å². The lowest BCUT2D eigenvalue weighted by molar-refractivity contribution is -0.135. The fourth-order valence-electron chi connectivity index (χ4n) is 1.57. The molecule has 0 bridgehead atoms. The first-order valence-corrected chi connectivity index (χ1v) is 6.45. The minimum atomic E-state index is -0.753. The first-order valence-electron chi connectivity index (χ1n) is 6.45. The molecule has 7 nitrogen and oxygen atoms in total. The summed E-state index contributed by atoms with van der Waals surface area (Å²) in [6.45, 7) is 0.785. The van der Waals surface area contributed by atoms with Crippen molar-refractivity contribution in [2.45, 2.75) is 0 Å². The van der Waals surface area contributed by atoms with E-state index in [1.54, 1.807) is 37.4 Å². The van der Waals surface area contributed by atoms with E-state index in [1.807, 2.05) is 0 Å². The fourth-order valence-corrected chi connectivity index (χ4v) is 1.57. The second-order valence-electron chi connectivity index (χ2n) is 4.10. The number of anilines is 1. The van der Waals surface area contributed by atoms with Crippen molar-refractivity contribution in [1.82, 2.24) is 5.32 Å². The third kappa shape index (κ3) is 4.92. The van der Waals surface area contributed by atoms with Crippen LogP contribution in [0.4, 0.5) is 5.69 Å². The molecule has 0 saturated heterocycles. The number of hydrogen-bond donors (Lipinski definition) is 2. The van der Waals surface area contributed by atoms with Crippen LogP contribution in [0, 0.1) is 11.3 Å². The third-order valence-corrected chi connectivity index (χ3v) is 2.66. The quantitative estimate of drug-likeness (QED) is 0.338.